The first-order chi connectivity index (χ1) is 33.1. The summed E-state index contributed by atoms with van der Waals surface area (Å²) in [6.07, 6.45) is 9.60. The standard InChI is InChI=1S/C21H25ClN7O.C19H20ClN7O.C2H8O4S.CH4O4S/c1-14-11-18(25-26-21-28(4)9-10-29(21)5)20(30-6)13-17(14)24-23-15-7-8-19(27(2)3)16(22)12-15;1-12-9-16(25-26-19-21-7-8-22-19)18(28-4)11-15(12)24-23-13-5-6-17(27(2)3)14(20)10-13;1-7(2,4,5)6-3;1-6(3,4)5-2/h7-13H,1-6H3;5-11H,1-4H3,(H,21,22);3H,1-2H3,(H,4,5);2H,1H3/q+1;;;/p-1. The van der Waals surface area contributed by atoms with Gasteiger partial charge in [0.1, 0.15) is 32.5 Å². The Balaban J connectivity index is 0.000000301. The summed E-state index contributed by atoms with van der Waals surface area (Å²) in [6, 6.07) is 18.4. The zero-order valence-corrected chi connectivity index (χ0v) is 44.3. The lowest BCUT2D eigenvalue weighted by atomic mass is 10.1. The second-order valence-electron chi connectivity index (χ2n) is 15.7. The zero-order valence-electron chi connectivity index (χ0n) is 41.1. The van der Waals surface area contributed by atoms with Gasteiger partial charge in [-0.1, -0.05) is 28.3 Å². The molecule has 0 saturated heterocycles. The van der Waals surface area contributed by atoms with Gasteiger partial charge >= 0.3 is 5.95 Å². The van der Waals surface area contributed by atoms with Gasteiger partial charge in [-0.15, -0.1) is 14.6 Å². The van der Waals surface area contributed by atoms with E-state index in [1.807, 2.05) is 124 Å². The van der Waals surface area contributed by atoms with E-state index in [-0.39, 0.29) is 0 Å². The van der Waals surface area contributed by atoms with Crippen LogP contribution in [0.15, 0.2) is 126 Å². The number of methoxy groups -OCH3 is 2. The van der Waals surface area contributed by atoms with Crippen LogP contribution in [0.3, 0.4) is 0 Å². The Labute approximate surface area is 421 Å². The second kappa shape index (κ2) is 26.0. The number of nitrogens with zero attached hydrogens (tertiary/aromatic N) is 13. The van der Waals surface area contributed by atoms with E-state index in [1.54, 1.807) is 50.9 Å². The number of aryl methyl sites for hydroxylation is 4. The predicted molar refractivity (Wildman–Crippen MR) is 271 cm³/mol. The zero-order chi connectivity index (χ0) is 53.3. The minimum absolute atomic E-state index is 0.418. The molecule has 28 heteroatoms. The SMILES string of the molecule is COc1cc(N=Nc2ccc(N(C)C)c(Cl)c2)c(C)cc1N=Nc1n(C)cc[n+]1C.COc1cc(N=Nc2ccc(N(C)C)c(Cl)c2)c(C)cc1N=Nc1ncc[nH]1.CS(=O)(=O)O[O-].CS(C)(=O)(O)OO. The van der Waals surface area contributed by atoms with E-state index in [0.717, 1.165) is 41.0 Å². The van der Waals surface area contributed by atoms with Gasteiger partial charge in [0, 0.05) is 70.3 Å². The average molecular weight is 1060 g/mol. The van der Waals surface area contributed by atoms with Crippen molar-refractivity contribution in [3.63, 3.8) is 0 Å². The van der Waals surface area contributed by atoms with Gasteiger partial charge in [0.2, 0.25) is 5.95 Å². The van der Waals surface area contributed by atoms with Crippen molar-refractivity contribution in [2.24, 2.45) is 55.0 Å². The maximum atomic E-state index is 10.2. The van der Waals surface area contributed by atoms with Crippen LogP contribution in [0.25, 0.3) is 0 Å². The number of nitrogens with one attached hydrogen (secondary N) is 1. The molecular formula is C43H56Cl2N14O10S2. The molecule has 24 nitrogen and oxygen atoms in total. The molecule has 2 heterocycles. The normalized spacial score (nSPS) is 12.2. The average Bonchev–Trinajstić information content (AvgIpc) is 3.94. The minimum atomic E-state index is -4.06. The van der Waals surface area contributed by atoms with E-state index in [1.165, 1.54) is 0 Å². The molecule has 0 unspecified atom stereocenters. The molecular weight excluding hydrogens is 1010 g/mol. The molecule has 2 aromatic heterocycles. The second-order valence-corrected chi connectivity index (χ2v) is 21.5. The van der Waals surface area contributed by atoms with Crippen molar-refractivity contribution in [1.29, 1.82) is 0 Å². The predicted octanol–water partition coefficient (Wildman–Crippen LogP) is 10.2. The van der Waals surface area contributed by atoms with E-state index in [4.69, 9.17) is 47.7 Å². The molecule has 0 fully saturated rings. The third-order valence-corrected chi connectivity index (χ3v) is 10.1. The third kappa shape index (κ3) is 19.6. The van der Waals surface area contributed by atoms with E-state index in [9.17, 15) is 12.6 Å². The van der Waals surface area contributed by atoms with Crippen molar-refractivity contribution < 1.29 is 50.4 Å². The van der Waals surface area contributed by atoms with Crippen molar-refractivity contribution in [2.75, 3.05) is 71.0 Å². The van der Waals surface area contributed by atoms with E-state index >= 15 is 0 Å². The summed E-state index contributed by atoms with van der Waals surface area (Å²) < 4.78 is 58.1. The molecule has 0 aliphatic heterocycles. The van der Waals surface area contributed by atoms with E-state index in [0.29, 0.717) is 67.9 Å². The summed E-state index contributed by atoms with van der Waals surface area (Å²) in [5, 5.41) is 52.0. The summed E-state index contributed by atoms with van der Waals surface area (Å²) in [5.41, 5.74) is 7.51. The first kappa shape index (κ1) is 58.7. The minimum Gasteiger partial charge on any atom is -0.707 e. The summed E-state index contributed by atoms with van der Waals surface area (Å²) in [7, 11) is 6.95. The molecule has 6 aromatic rings. The lowest BCUT2D eigenvalue weighted by Gasteiger charge is -2.20. The molecule has 0 radical (unpaired) electrons. The van der Waals surface area contributed by atoms with Crippen molar-refractivity contribution in [2.45, 2.75) is 13.8 Å². The third-order valence-electron chi connectivity index (χ3n) is 8.83. The molecule has 0 spiro atoms. The first-order valence-corrected chi connectivity index (χ1v) is 25.6. The summed E-state index contributed by atoms with van der Waals surface area (Å²) in [5.74, 6) is 2.24. The van der Waals surface area contributed by atoms with Crippen molar-refractivity contribution in [1.82, 2.24) is 14.5 Å². The van der Waals surface area contributed by atoms with Gasteiger partial charge in [-0.2, -0.15) is 20.5 Å². The number of halogens is 2. The van der Waals surface area contributed by atoms with Crippen LogP contribution >= 0.6 is 23.2 Å². The molecule has 71 heavy (non-hydrogen) atoms. The smallest absolute Gasteiger partial charge is 0.421 e. The lowest BCUT2D eigenvalue weighted by molar-refractivity contribution is -0.657. The van der Waals surface area contributed by atoms with E-state index < -0.39 is 19.7 Å². The Hall–Kier alpha value is -6.62. The van der Waals surface area contributed by atoms with Gasteiger partial charge in [-0.3, -0.25) is 0 Å². The highest BCUT2D eigenvalue weighted by Gasteiger charge is 2.19. The molecule has 384 valence electrons. The van der Waals surface area contributed by atoms with Gasteiger partial charge in [0.15, 0.2) is 0 Å². The Morgan fingerprint density at radius 3 is 1.51 bits per heavy atom. The van der Waals surface area contributed by atoms with Crippen LogP contribution in [0.2, 0.25) is 10.0 Å². The first-order valence-electron chi connectivity index (χ1n) is 20.3. The summed E-state index contributed by atoms with van der Waals surface area (Å²) in [4.78, 5) is 10.8. The van der Waals surface area contributed by atoms with E-state index in [2.05, 4.69) is 59.5 Å². The number of aromatic amines is 1. The van der Waals surface area contributed by atoms with Crippen molar-refractivity contribution in [3.05, 3.63) is 107 Å². The van der Waals surface area contributed by atoms with Crippen LogP contribution in [0.5, 0.6) is 11.5 Å². The van der Waals surface area contributed by atoms with Crippen molar-refractivity contribution in [3.8, 4) is 11.5 Å². The molecule has 6 rings (SSSR count). The molecule has 0 aliphatic rings. The van der Waals surface area contributed by atoms with Crippen LogP contribution in [0.4, 0.5) is 57.4 Å². The summed E-state index contributed by atoms with van der Waals surface area (Å²) >= 11 is 12.6. The van der Waals surface area contributed by atoms with Crippen LogP contribution < -0.4 is 29.1 Å². The fourth-order valence-corrected chi connectivity index (χ4v) is 6.01. The number of benzene rings is 4. The number of anilines is 2. The number of imidazole rings is 2. The number of H-pyrrole nitrogens is 1. The Morgan fingerprint density at radius 2 is 1.18 bits per heavy atom. The summed E-state index contributed by atoms with van der Waals surface area (Å²) in [6.45, 7) is 3.86. The van der Waals surface area contributed by atoms with Gasteiger partial charge in [-0.25, -0.2) is 32.0 Å². The lowest BCUT2D eigenvalue weighted by Crippen LogP contribution is -2.29. The number of hydrogen-bond donors (Lipinski definition) is 3. The molecule has 3 N–H and O–H groups in total. The Bertz CT molecular complexity index is 3020. The fourth-order valence-electron chi connectivity index (χ4n) is 5.32. The van der Waals surface area contributed by atoms with Crippen LogP contribution in [0, 0.1) is 13.8 Å². The quantitative estimate of drug-likeness (QED) is 0.0396. The van der Waals surface area contributed by atoms with Gasteiger partial charge in [0.25, 0.3) is 10.1 Å². The number of aromatic nitrogens is 4. The highest BCUT2D eigenvalue weighted by atomic mass is 35.5. The fraction of sp³-hybridized carbons (Fsp3) is 0.302. The number of ether oxygens (including phenoxy) is 2. The van der Waals surface area contributed by atoms with Gasteiger partial charge in [-0.05, 0) is 73.5 Å². The molecule has 0 amide bonds. The topological polar surface area (TPSA) is 294 Å². The number of hydrogen-bond acceptors (Lipinski definition) is 20. The maximum absolute atomic E-state index is 10.2. The Morgan fingerprint density at radius 1 is 0.761 bits per heavy atom. The highest BCUT2D eigenvalue weighted by molar-refractivity contribution is 8.09. The van der Waals surface area contributed by atoms with Gasteiger partial charge in [0.05, 0.1) is 91.1 Å². The molecule has 0 aliphatic carbocycles. The Kier molecular flexibility index (Phi) is 21.5. The molecule has 4 aromatic carbocycles. The molecule has 0 bridgehead atoms. The molecule has 0 saturated carbocycles. The van der Waals surface area contributed by atoms with Crippen LogP contribution in [-0.4, -0.2) is 98.1 Å². The number of rotatable bonds is 14. The van der Waals surface area contributed by atoms with Crippen molar-refractivity contribution >= 4 is 100 Å². The largest absolute Gasteiger partial charge is 0.707 e. The van der Waals surface area contributed by atoms with Crippen LogP contribution in [0.1, 0.15) is 11.1 Å². The highest BCUT2D eigenvalue weighted by Crippen LogP contribution is 2.38. The van der Waals surface area contributed by atoms with Gasteiger partial charge < -0.3 is 38.4 Å². The number of azo groups is 4. The molecule has 0 atom stereocenters. The monoisotopic (exact) mass is 1060 g/mol. The van der Waals surface area contributed by atoms with Crippen LogP contribution in [-0.2, 0) is 42.5 Å². The maximum Gasteiger partial charge on any atom is 0.421 e.